The number of amides is 1. The number of rotatable bonds is 8. The molecule has 0 aliphatic heterocycles. The first-order valence-electron chi connectivity index (χ1n) is 12.7. The van der Waals surface area contributed by atoms with E-state index < -0.39 is 35.1 Å². The van der Waals surface area contributed by atoms with Crippen molar-refractivity contribution in [2.75, 3.05) is 7.11 Å². The van der Waals surface area contributed by atoms with Gasteiger partial charge in [-0.05, 0) is 61.4 Å². The van der Waals surface area contributed by atoms with Crippen LogP contribution in [-0.4, -0.2) is 51.5 Å². The Hall–Kier alpha value is -5.91. The number of phenols is 3. The van der Waals surface area contributed by atoms with E-state index in [0.717, 1.165) is 6.07 Å². The number of phenolic OH excluding ortho intramolecular Hbond substituents is 3. The standard InChI is InChI=1S/C25H22O9.C6H6N2O/c1-4-15-17(11-18(27)22(29)21(15)28)25(31)34-23-13(2)6-5-7-16(23)24(30)33-19-9-8-14(12-26)10-20(19)32-3;7-6(9)5-2-1-3-8-4-5/h5-12,27-29H,4H2,1-3H3;1-4H,(H2,7,9). The van der Waals surface area contributed by atoms with Gasteiger partial charge in [0.05, 0.1) is 18.2 Å². The fraction of sp³-hybridized carbons (Fsp3) is 0.129. The molecule has 0 radical (unpaired) electrons. The highest BCUT2D eigenvalue weighted by Crippen LogP contribution is 2.40. The molecule has 0 aliphatic carbocycles. The van der Waals surface area contributed by atoms with Gasteiger partial charge in [0.2, 0.25) is 11.7 Å². The second-order valence-electron chi connectivity index (χ2n) is 8.84. The summed E-state index contributed by atoms with van der Waals surface area (Å²) < 4.78 is 16.1. The number of pyridine rings is 1. The number of aromatic hydroxyl groups is 3. The molecule has 222 valence electrons. The molecule has 0 aliphatic rings. The molecule has 0 bridgehead atoms. The molecule has 4 rings (SSSR count). The first-order valence-corrected chi connectivity index (χ1v) is 12.7. The number of carbonyl (C=O) groups excluding carboxylic acids is 4. The minimum atomic E-state index is -0.960. The third kappa shape index (κ3) is 7.44. The van der Waals surface area contributed by atoms with Crippen molar-refractivity contribution < 1.29 is 48.7 Å². The van der Waals surface area contributed by atoms with Crippen LogP contribution in [0.1, 0.15) is 59.5 Å². The number of hydrogen-bond donors (Lipinski definition) is 4. The molecule has 12 nitrogen and oxygen atoms in total. The Bertz CT molecular complexity index is 1670. The highest BCUT2D eigenvalue weighted by atomic mass is 16.6. The number of methoxy groups -OCH3 is 1. The smallest absolute Gasteiger partial charge is 0.347 e. The van der Waals surface area contributed by atoms with E-state index in [2.05, 4.69) is 4.98 Å². The van der Waals surface area contributed by atoms with Crippen molar-refractivity contribution in [3.05, 3.63) is 100 Å². The number of nitrogens with two attached hydrogens (primary N) is 1. The minimum absolute atomic E-state index is 0.0542. The number of nitrogens with zero attached hydrogens (tertiary/aromatic N) is 1. The third-order valence-electron chi connectivity index (χ3n) is 6.03. The lowest BCUT2D eigenvalue weighted by molar-refractivity contribution is 0.0701. The molecule has 0 unspecified atom stereocenters. The molecule has 5 N–H and O–H groups in total. The van der Waals surface area contributed by atoms with Crippen LogP contribution in [-0.2, 0) is 6.42 Å². The van der Waals surface area contributed by atoms with E-state index in [-0.39, 0.29) is 40.4 Å². The maximum atomic E-state index is 13.0. The number of aromatic nitrogens is 1. The van der Waals surface area contributed by atoms with Crippen LogP contribution in [0.4, 0.5) is 0 Å². The summed E-state index contributed by atoms with van der Waals surface area (Å²) in [5, 5.41) is 29.7. The Labute approximate surface area is 245 Å². The van der Waals surface area contributed by atoms with E-state index in [1.165, 1.54) is 37.6 Å². The van der Waals surface area contributed by atoms with Crippen molar-refractivity contribution >= 4 is 24.1 Å². The first kappa shape index (κ1) is 31.6. The van der Waals surface area contributed by atoms with E-state index in [0.29, 0.717) is 23.0 Å². The average Bonchev–Trinajstić information content (AvgIpc) is 3.01. The zero-order valence-electron chi connectivity index (χ0n) is 23.4. The average molecular weight is 589 g/mol. The molecule has 43 heavy (non-hydrogen) atoms. The summed E-state index contributed by atoms with van der Waals surface area (Å²) >= 11 is 0. The Morgan fingerprint density at radius 1 is 0.907 bits per heavy atom. The zero-order valence-corrected chi connectivity index (χ0v) is 23.4. The molecule has 0 saturated heterocycles. The molecule has 12 heteroatoms. The van der Waals surface area contributed by atoms with Gasteiger partial charge in [0.1, 0.15) is 17.6 Å². The summed E-state index contributed by atoms with van der Waals surface area (Å²) in [6, 6.07) is 13.1. The van der Waals surface area contributed by atoms with Crippen LogP contribution >= 0.6 is 0 Å². The van der Waals surface area contributed by atoms with Crippen LogP contribution in [0.3, 0.4) is 0 Å². The number of aryl methyl sites for hydroxylation is 1. The summed E-state index contributed by atoms with van der Waals surface area (Å²) in [4.78, 5) is 51.0. The topological polar surface area (TPSA) is 196 Å². The Kier molecular flexibility index (Phi) is 10.4. The van der Waals surface area contributed by atoms with E-state index in [1.807, 2.05) is 0 Å². The Morgan fingerprint density at radius 3 is 2.21 bits per heavy atom. The van der Waals surface area contributed by atoms with Crippen molar-refractivity contribution in [3.8, 4) is 34.5 Å². The van der Waals surface area contributed by atoms with Crippen LogP contribution in [0, 0.1) is 6.92 Å². The highest BCUT2D eigenvalue weighted by molar-refractivity contribution is 5.99. The Balaban J connectivity index is 0.000000480. The lowest BCUT2D eigenvalue weighted by atomic mass is 10.0. The largest absolute Gasteiger partial charge is 0.504 e. The fourth-order valence-corrected chi connectivity index (χ4v) is 3.83. The molecular formula is C31H28N2O10. The summed E-state index contributed by atoms with van der Waals surface area (Å²) in [5.74, 6) is -4.21. The normalized spacial score (nSPS) is 10.1. The molecule has 0 fully saturated rings. The van der Waals surface area contributed by atoms with Gasteiger partial charge in [0.15, 0.2) is 23.0 Å². The highest BCUT2D eigenvalue weighted by Gasteiger charge is 2.25. The predicted molar refractivity (Wildman–Crippen MR) is 153 cm³/mol. The molecule has 4 aromatic rings. The van der Waals surface area contributed by atoms with Crippen molar-refractivity contribution in [1.82, 2.24) is 4.98 Å². The van der Waals surface area contributed by atoms with Crippen LogP contribution in [0.15, 0.2) is 67.0 Å². The number of hydrogen-bond acceptors (Lipinski definition) is 11. The molecule has 0 atom stereocenters. The van der Waals surface area contributed by atoms with Crippen LogP contribution in [0.5, 0.6) is 34.5 Å². The quantitative estimate of drug-likeness (QED) is 0.100. The van der Waals surface area contributed by atoms with Crippen molar-refractivity contribution in [1.29, 1.82) is 0 Å². The lowest BCUT2D eigenvalue weighted by Gasteiger charge is -2.15. The SMILES string of the molecule is CCc1c(C(=O)Oc2c(C)cccc2C(=O)Oc2ccc(C=O)cc2OC)cc(O)c(O)c1O.NC(=O)c1cccnc1. The molecule has 3 aromatic carbocycles. The number of para-hydroxylation sites is 1. The van der Waals surface area contributed by atoms with Gasteiger partial charge in [-0.15, -0.1) is 0 Å². The molecule has 1 amide bonds. The molecule has 0 spiro atoms. The molecular weight excluding hydrogens is 560 g/mol. The first-order chi connectivity index (χ1) is 20.5. The molecule has 0 saturated carbocycles. The second-order valence-corrected chi connectivity index (χ2v) is 8.84. The van der Waals surface area contributed by atoms with Gasteiger partial charge in [-0.25, -0.2) is 9.59 Å². The number of esters is 2. The van der Waals surface area contributed by atoms with Gasteiger partial charge in [-0.3, -0.25) is 14.6 Å². The monoisotopic (exact) mass is 588 g/mol. The molecule has 1 heterocycles. The van der Waals surface area contributed by atoms with E-state index in [9.17, 15) is 34.5 Å². The number of carbonyl (C=O) groups is 4. The van der Waals surface area contributed by atoms with Gasteiger partial charge < -0.3 is 35.3 Å². The summed E-state index contributed by atoms with van der Waals surface area (Å²) in [5.41, 5.74) is 5.97. The van der Waals surface area contributed by atoms with Crippen LogP contribution in [0.2, 0.25) is 0 Å². The van der Waals surface area contributed by atoms with Gasteiger partial charge in [-0.2, -0.15) is 0 Å². The van der Waals surface area contributed by atoms with E-state index in [1.54, 1.807) is 44.3 Å². The lowest BCUT2D eigenvalue weighted by Crippen LogP contribution is -2.17. The van der Waals surface area contributed by atoms with Gasteiger partial charge in [0, 0.05) is 23.5 Å². The van der Waals surface area contributed by atoms with Gasteiger partial charge >= 0.3 is 11.9 Å². The summed E-state index contributed by atoms with van der Waals surface area (Å²) in [6.07, 6.45) is 3.80. The van der Waals surface area contributed by atoms with Crippen LogP contribution < -0.4 is 19.9 Å². The van der Waals surface area contributed by atoms with E-state index >= 15 is 0 Å². The van der Waals surface area contributed by atoms with Crippen molar-refractivity contribution in [2.45, 2.75) is 20.3 Å². The fourth-order valence-electron chi connectivity index (χ4n) is 3.83. The van der Waals surface area contributed by atoms with Crippen molar-refractivity contribution in [2.24, 2.45) is 5.73 Å². The number of benzene rings is 3. The van der Waals surface area contributed by atoms with Crippen LogP contribution in [0.25, 0.3) is 0 Å². The van der Waals surface area contributed by atoms with Crippen molar-refractivity contribution in [3.63, 3.8) is 0 Å². The molecule has 1 aromatic heterocycles. The van der Waals surface area contributed by atoms with Gasteiger partial charge in [0.25, 0.3) is 0 Å². The maximum Gasteiger partial charge on any atom is 0.347 e. The maximum absolute atomic E-state index is 13.0. The summed E-state index contributed by atoms with van der Waals surface area (Å²) in [7, 11) is 1.36. The second kappa shape index (κ2) is 14.1. The summed E-state index contributed by atoms with van der Waals surface area (Å²) in [6.45, 7) is 3.26. The number of aldehydes is 1. The third-order valence-corrected chi connectivity index (χ3v) is 6.03. The Morgan fingerprint density at radius 2 is 1.63 bits per heavy atom. The minimum Gasteiger partial charge on any atom is -0.504 e. The van der Waals surface area contributed by atoms with Gasteiger partial charge in [-0.1, -0.05) is 19.1 Å². The number of ether oxygens (including phenoxy) is 3. The number of primary amides is 1. The predicted octanol–water partition coefficient (Wildman–Crippen LogP) is 4.11. The van der Waals surface area contributed by atoms with E-state index in [4.69, 9.17) is 19.9 Å². The zero-order chi connectivity index (χ0) is 31.7.